The fraction of sp³-hybridized carbons (Fsp3) is 0.538. The first-order valence-electron chi connectivity index (χ1n) is 11.2. The highest BCUT2D eigenvalue weighted by molar-refractivity contribution is 5.42. The van der Waals surface area contributed by atoms with Crippen molar-refractivity contribution >= 4 is 0 Å². The molecule has 0 spiro atoms. The molecule has 3 rings (SSSR count). The third-order valence-electron chi connectivity index (χ3n) is 6.28. The molecule has 1 aliphatic rings. The van der Waals surface area contributed by atoms with E-state index in [0.29, 0.717) is 6.61 Å². The molecule has 1 atom stereocenters. The lowest BCUT2D eigenvalue weighted by atomic mass is 10.1. The molecule has 1 heterocycles. The second kappa shape index (κ2) is 11.2. The van der Waals surface area contributed by atoms with E-state index in [1.165, 1.54) is 42.4 Å². The topological polar surface area (TPSA) is 29.5 Å². The zero-order chi connectivity index (χ0) is 20.9. The van der Waals surface area contributed by atoms with Crippen LogP contribution in [-0.2, 0) is 6.54 Å². The first-order valence-corrected chi connectivity index (χ1v) is 11.2. The zero-order valence-electron chi connectivity index (χ0n) is 19.1. The van der Waals surface area contributed by atoms with Crippen molar-refractivity contribution in [3.63, 3.8) is 0 Å². The summed E-state index contributed by atoms with van der Waals surface area (Å²) in [6, 6.07) is 13.2. The van der Waals surface area contributed by atoms with Gasteiger partial charge in [0, 0.05) is 5.56 Å². The Bertz CT molecular complexity index is 772. The molecule has 0 aliphatic carbocycles. The fourth-order valence-electron chi connectivity index (χ4n) is 4.92. The minimum Gasteiger partial charge on any atom is -1.00 e. The van der Waals surface area contributed by atoms with Crippen LogP contribution in [0.5, 0.6) is 5.75 Å². The lowest BCUT2D eigenvalue weighted by Crippen LogP contribution is -3.00. The van der Waals surface area contributed by atoms with Gasteiger partial charge in [0.25, 0.3) is 0 Å². The number of benzene rings is 2. The summed E-state index contributed by atoms with van der Waals surface area (Å²) in [6.07, 6.45) is 4.65. The van der Waals surface area contributed by atoms with Gasteiger partial charge in [0.1, 0.15) is 31.5 Å². The van der Waals surface area contributed by atoms with E-state index in [-0.39, 0.29) is 12.4 Å². The number of likely N-dealkylation sites (tertiary alicyclic amines) is 1. The number of nitrogens with zero attached hydrogens (tertiary/aromatic N) is 1. The van der Waals surface area contributed by atoms with E-state index in [1.54, 1.807) is 0 Å². The van der Waals surface area contributed by atoms with Crippen molar-refractivity contribution < 1.29 is 26.7 Å². The first-order chi connectivity index (χ1) is 13.9. The largest absolute Gasteiger partial charge is 1.00 e. The monoisotopic (exact) mass is 431 g/mol. The highest BCUT2D eigenvalue weighted by Gasteiger charge is 2.32. The molecule has 0 amide bonds. The summed E-state index contributed by atoms with van der Waals surface area (Å²) in [6.45, 7) is 12.8. The van der Waals surface area contributed by atoms with Crippen molar-refractivity contribution in [1.82, 2.24) is 0 Å². The average Bonchev–Trinajstić information content (AvgIpc) is 2.88. The van der Waals surface area contributed by atoms with Gasteiger partial charge in [-0.15, -0.1) is 0 Å². The molecule has 0 radical (unpaired) electrons. The molecule has 30 heavy (non-hydrogen) atoms. The number of rotatable bonds is 7. The molecule has 3 nitrogen and oxygen atoms in total. The molecule has 2 aromatic rings. The van der Waals surface area contributed by atoms with Crippen LogP contribution < -0.4 is 17.1 Å². The summed E-state index contributed by atoms with van der Waals surface area (Å²) in [7, 11) is 0. The van der Waals surface area contributed by atoms with Crippen molar-refractivity contribution in [3.8, 4) is 5.75 Å². The Kier molecular flexibility index (Phi) is 9.21. The number of hydrogen-bond acceptors (Lipinski definition) is 2. The van der Waals surface area contributed by atoms with Gasteiger partial charge in [-0.05, 0) is 64.5 Å². The summed E-state index contributed by atoms with van der Waals surface area (Å²) in [5.41, 5.74) is 6.21. The SMILES string of the molecule is Cc1ccc(C[N+]2(CC(O)COc3c(C)cc(C)cc3C)CCCCCC2)cc1.[Cl-]. The maximum Gasteiger partial charge on any atom is 0.137 e. The standard InChI is InChI=1S/C26H38NO2.ClH/c1-20-9-11-24(12-10-20)17-27(13-7-5-6-8-14-27)18-25(28)19-29-26-22(3)15-21(2)16-23(26)4;/h9-12,15-16,25,28H,5-8,13-14,17-19H2,1-4H3;1H/q+1;/p-1. The molecule has 0 bridgehead atoms. The van der Waals surface area contributed by atoms with Crippen LogP contribution in [0, 0.1) is 27.7 Å². The minimum absolute atomic E-state index is 0. The van der Waals surface area contributed by atoms with Gasteiger partial charge in [-0.2, -0.15) is 0 Å². The maximum atomic E-state index is 10.9. The molecule has 2 aromatic carbocycles. The number of ether oxygens (including phenoxy) is 1. The zero-order valence-corrected chi connectivity index (χ0v) is 19.8. The fourth-order valence-corrected chi connectivity index (χ4v) is 4.92. The van der Waals surface area contributed by atoms with Crippen LogP contribution in [0.25, 0.3) is 0 Å². The number of aliphatic hydroxyl groups is 1. The van der Waals surface area contributed by atoms with Gasteiger partial charge in [0.15, 0.2) is 0 Å². The molecule has 1 aliphatic heterocycles. The van der Waals surface area contributed by atoms with Gasteiger partial charge in [-0.1, -0.05) is 47.5 Å². The molecule has 1 unspecified atom stereocenters. The third kappa shape index (κ3) is 6.73. The smallest absolute Gasteiger partial charge is 0.137 e. The number of quaternary nitrogens is 1. The summed E-state index contributed by atoms with van der Waals surface area (Å²) < 4.78 is 7.08. The van der Waals surface area contributed by atoms with E-state index in [0.717, 1.165) is 47.5 Å². The van der Waals surface area contributed by atoms with Crippen LogP contribution in [-0.4, -0.2) is 41.9 Å². The molecule has 0 aromatic heterocycles. The molecule has 1 N–H and O–H groups in total. The Morgan fingerprint density at radius 2 is 1.43 bits per heavy atom. The Balaban J connectivity index is 0.00000320. The van der Waals surface area contributed by atoms with Crippen molar-refractivity contribution in [3.05, 3.63) is 64.2 Å². The number of hydrogen-bond donors (Lipinski definition) is 1. The Hall–Kier alpha value is -1.55. The summed E-state index contributed by atoms with van der Waals surface area (Å²) in [5.74, 6) is 0.926. The van der Waals surface area contributed by atoms with Crippen LogP contribution in [0.3, 0.4) is 0 Å². The average molecular weight is 432 g/mol. The van der Waals surface area contributed by atoms with Crippen LogP contribution in [0.4, 0.5) is 0 Å². The van der Waals surface area contributed by atoms with Crippen molar-refractivity contribution in [2.24, 2.45) is 0 Å². The van der Waals surface area contributed by atoms with Crippen molar-refractivity contribution in [2.75, 3.05) is 26.2 Å². The Morgan fingerprint density at radius 3 is 2.00 bits per heavy atom. The Labute approximate surface area is 189 Å². The third-order valence-corrected chi connectivity index (χ3v) is 6.28. The van der Waals surface area contributed by atoms with Gasteiger partial charge < -0.3 is 26.7 Å². The maximum absolute atomic E-state index is 10.9. The van der Waals surface area contributed by atoms with Gasteiger partial charge in [0.05, 0.1) is 13.1 Å². The van der Waals surface area contributed by atoms with E-state index in [2.05, 4.69) is 64.1 Å². The highest BCUT2D eigenvalue weighted by atomic mass is 35.5. The predicted molar refractivity (Wildman–Crippen MR) is 120 cm³/mol. The molecule has 4 heteroatoms. The first kappa shape index (κ1) is 24.7. The van der Waals surface area contributed by atoms with Gasteiger partial charge in [0.2, 0.25) is 0 Å². The van der Waals surface area contributed by atoms with Gasteiger partial charge >= 0.3 is 0 Å². The lowest BCUT2D eigenvalue weighted by Gasteiger charge is -2.39. The normalized spacial score (nSPS) is 17.0. The van der Waals surface area contributed by atoms with E-state index in [1.807, 2.05) is 0 Å². The molecule has 1 fully saturated rings. The number of aryl methyl sites for hydroxylation is 4. The number of aliphatic hydroxyl groups excluding tert-OH is 1. The quantitative estimate of drug-likeness (QED) is 0.681. The van der Waals surface area contributed by atoms with Crippen LogP contribution in [0.15, 0.2) is 36.4 Å². The number of halogens is 1. The molecule has 166 valence electrons. The molecular formula is C26H38ClNO2. The lowest BCUT2D eigenvalue weighted by molar-refractivity contribution is -0.942. The summed E-state index contributed by atoms with van der Waals surface area (Å²) in [4.78, 5) is 0. The highest BCUT2D eigenvalue weighted by Crippen LogP contribution is 2.26. The second-order valence-electron chi connectivity index (χ2n) is 9.22. The van der Waals surface area contributed by atoms with Gasteiger partial charge in [-0.3, -0.25) is 0 Å². The van der Waals surface area contributed by atoms with Crippen molar-refractivity contribution in [2.45, 2.75) is 66.0 Å². The van der Waals surface area contributed by atoms with Crippen LogP contribution in [0.1, 0.15) is 53.5 Å². The van der Waals surface area contributed by atoms with Crippen LogP contribution in [0.2, 0.25) is 0 Å². The van der Waals surface area contributed by atoms with E-state index in [4.69, 9.17) is 4.74 Å². The van der Waals surface area contributed by atoms with E-state index in [9.17, 15) is 5.11 Å². The molecule has 0 saturated carbocycles. The summed E-state index contributed by atoms with van der Waals surface area (Å²) in [5, 5.41) is 10.9. The van der Waals surface area contributed by atoms with Crippen LogP contribution >= 0.6 is 0 Å². The second-order valence-corrected chi connectivity index (χ2v) is 9.22. The predicted octanol–water partition coefficient (Wildman–Crippen LogP) is 2.25. The van der Waals surface area contributed by atoms with E-state index >= 15 is 0 Å². The molecular weight excluding hydrogens is 394 g/mol. The Morgan fingerprint density at radius 1 is 0.867 bits per heavy atom. The summed E-state index contributed by atoms with van der Waals surface area (Å²) >= 11 is 0. The van der Waals surface area contributed by atoms with E-state index < -0.39 is 6.10 Å². The van der Waals surface area contributed by atoms with Gasteiger partial charge in [-0.25, -0.2) is 0 Å². The van der Waals surface area contributed by atoms with Crippen molar-refractivity contribution in [1.29, 1.82) is 0 Å². The molecule has 1 saturated heterocycles. The minimum atomic E-state index is -0.460.